The van der Waals surface area contributed by atoms with Crippen molar-refractivity contribution in [1.82, 2.24) is 29.6 Å². The van der Waals surface area contributed by atoms with Gasteiger partial charge in [-0.15, -0.1) is 10.2 Å². The lowest BCUT2D eigenvalue weighted by Crippen LogP contribution is -2.49. The molecule has 1 aromatic carbocycles. The Morgan fingerprint density at radius 2 is 1.76 bits per heavy atom. The van der Waals surface area contributed by atoms with Crippen LogP contribution in [0, 0.1) is 6.92 Å². The van der Waals surface area contributed by atoms with Gasteiger partial charge in [0.05, 0.1) is 5.75 Å². The van der Waals surface area contributed by atoms with Gasteiger partial charge in [0.25, 0.3) is 0 Å². The van der Waals surface area contributed by atoms with Gasteiger partial charge in [-0.2, -0.15) is 0 Å². The number of carbonyl (C=O) groups excluding carboxylic acids is 1. The highest BCUT2D eigenvalue weighted by atomic mass is 32.2. The summed E-state index contributed by atoms with van der Waals surface area (Å²) in [5, 5.41) is 9.35. The van der Waals surface area contributed by atoms with E-state index in [9.17, 15) is 4.79 Å². The maximum Gasteiger partial charge on any atom is 0.233 e. The van der Waals surface area contributed by atoms with E-state index < -0.39 is 0 Å². The summed E-state index contributed by atoms with van der Waals surface area (Å²) in [6.07, 6.45) is 3.48. The Morgan fingerprint density at radius 1 is 1.03 bits per heavy atom. The number of thioether (sulfide) groups is 1. The van der Waals surface area contributed by atoms with Crippen molar-refractivity contribution in [2.75, 3.05) is 36.8 Å². The van der Waals surface area contributed by atoms with Crippen LogP contribution < -0.4 is 4.90 Å². The molecule has 1 fully saturated rings. The van der Waals surface area contributed by atoms with Crippen molar-refractivity contribution < 1.29 is 4.79 Å². The number of nitrogens with zero attached hydrogens (tertiary/aromatic N) is 7. The van der Waals surface area contributed by atoms with Crippen molar-refractivity contribution >= 4 is 23.6 Å². The van der Waals surface area contributed by atoms with E-state index >= 15 is 0 Å². The summed E-state index contributed by atoms with van der Waals surface area (Å²) in [7, 11) is 1.94. The van der Waals surface area contributed by atoms with E-state index in [4.69, 9.17) is 0 Å². The fourth-order valence-corrected chi connectivity index (χ4v) is 4.14. The van der Waals surface area contributed by atoms with Gasteiger partial charge in [-0.25, -0.2) is 9.97 Å². The number of hydrogen-bond acceptors (Lipinski definition) is 7. The lowest BCUT2D eigenvalue weighted by molar-refractivity contribution is -0.128. The Morgan fingerprint density at radius 3 is 2.48 bits per heavy atom. The summed E-state index contributed by atoms with van der Waals surface area (Å²) in [6, 6.07) is 9.90. The Kier molecular flexibility index (Phi) is 5.75. The van der Waals surface area contributed by atoms with Gasteiger partial charge in [0, 0.05) is 51.2 Å². The molecule has 1 aliphatic heterocycles. The second kappa shape index (κ2) is 8.60. The van der Waals surface area contributed by atoms with E-state index in [0.29, 0.717) is 18.8 Å². The molecule has 1 aliphatic rings. The van der Waals surface area contributed by atoms with E-state index in [1.54, 1.807) is 18.5 Å². The van der Waals surface area contributed by atoms with Gasteiger partial charge in [-0.3, -0.25) is 4.79 Å². The summed E-state index contributed by atoms with van der Waals surface area (Å²) in [6.45, 7) is 4.87. The van der Waals surface area contributed by atoms with Crippen molar-refractivity contribution in [3.8, 4) is 11.4 Å². The molecule has 0 spiro atoms. The van der Waals surface area contributed by atoms with Crippen LogP contribution in [0.1, 0.15) is 5.56 Å². The lowest BCUT2D eigenvalue weighted by Gasteiger charge is -2.34. The number of benzene rings is 1. The maximum atomic E-state index is 12.7. The van der Waals surface area contributed by atoms with E-state index in [1.165, 1.54) is 11.8 Å². The van der Waals surface area contributed by atoms with Crippen LogP contribution in [0.3, 0.4) is 0 Å². The highest BCUT2D eigenvalue weighted by Crippen LogP contribution is 2.25. The van der Waals surface area contributed by atoms with Crippen LogP contribution >= 0.6 is 11.8 Å². The van der Waals surface area contributed by atoms with Crippen LogP contribution in [-0.2, 0) is 11.8 Å². The van der Waals surface area contributed by atoms with Crippen molar-refractivity contribution in [1.29, 1.82) is 0 Å². The highest BCUT2D eigenvalue weighted by molar-refractivity contribution is 7.99. The van der Waals surface area contributed by atoms with Crippen molar-refractivity contribution in [2.45, 2.75) is 12.1 Å². The fraction of sp³-hybridized carbons (Fsp3) is 0.350. The van der Waals surface area contributed by atoms with Gasteiger partial charge >= 0.3 is 0 Å². The number of aromatic nitrogens is 5. The number of aryl methyl sites for hydroxylation is 1. The summed E-state index contributed by atoms with van der Waals surface area (Å²) in [5.41, 5.74) is 2.20. The smallest absolute Gasteiger partial charge is 0.233 e. The second-order valence-corrected chi connectivity index (χ2v) is 7.83. The van der Waals surface area contributed by atoms with Crippen molar-refractivity contribution in [2.24, 2.45) is 7.05 Å². The van der Waals surface area contributed by atoms with Crippen LogP contribution in [0.5, 0.6) is 0 Å². The quantitative estimate of drug-likeness (QED) is 0.597. The average molecular weight is 410 g/mol. The zero-order chi connectivity index (χ0) is 20.2. The topological polar surface area (TPSA) is 80.0 Å². The first-order valence-corrected chi connectivity index (χ1v) is 10.5. The molecule has 0 bridgehead atoms. The molecule has 2 aromatic heterocycles. The molecule has 0 N–H and O–H groups in total. The van der Waals surface area contributed by atoms with Crippen LogP contribution in [0.4, 0.5) is 5.95 Å². The molecule has 1 amide bonds. The molecule has 29 heavy (non-hydrogen) atoms. The third kappa shape index (κ3) is 4.24. The predicted octanol–water partition coefficient (Wildman–Crippen LogP) is 2.02. The molecule has 3 heterocycles. The summed E-state index contributed by atoms with van der Waals surface area (Å²) < 4.78 is 1.95. The summed E-state index contributed by atoms with van der Waals surface area (Å²) in [4.78, 5) is 25.2. The maximum absolute atomic E-state index is 12.7. The molecule has 0 unspecified atom stereocenters. The molecule has 8 nitrogen and oxygen atoms in total. The average Bonchev–Trinajstić information content (AvgIpc) is 3.13. The van der Waals surface area contributed by atoms with E-state index in [1.807, 2.05) is 34.7 Å². The van der Waals surface area contributed by atoms with Gasteiger partial charge in [-0.05, 0) is 18.6 Å². The molecule has 3 aromatic rings. The molecule has 9 heteroatoms. The highest BCUT2D eigenvalue weighted by Gasteiger charge is 2.23. The van der Waals surface area contributed by atoms with Gasteiger partial charge in [0.1, 0.15) is 0 Å². The Labute approximate surface area is 174 Å². The molecular weight excluding hydrogens is 386 g/mol. The number of amides is 1. The van der Waals surface area contributed by atoms with E-state index in [-0.39, 0.29) is 5.91 Å². The molecule has 4 rings (SSSR count). The molecule has 150 valence electrons. The van der Waals surface area contributed by atoms with E-state index in [0.717, 1.165) is 41.1 Å². The standard InChI is InChI=1S/C20H23N7OS/c1-15-6-3-4-7-16(15)18-23-24-20(25(18)2)29-14-17(28)26-10-12-27(13-11-26)19-21-8-5-9-22-19/h3-9H,10-14H2,1-2H3. The first-order chi connectivity index (χ1) is 14.1. The van der Waals surface area contributed by atoms with Crippen LogP contribution in [0.2, 0.25) is 0 Å². The first-order valence-electron chi connectivity index (χ1n) is 9.51. The molecule has 0 saturated carbocycles. The molecule has 0 radical (unpaired) electrons. The fourth-order valence-electron chi connectivity index (χ4n) is 3.33. The van der Waals surface area contributed by atoms with Crippen molar-refractivity contribution in [3.63, 3.8) is 0 Å². The SMILES string of the molecule is Cc1ccccc1-c1nnc(SCC(=O)N2CCN(c3ncccn3)CC2)n1C. The molecular formula is C20H23N7OS. The number of piperazine rings is 1. The largest absolute Gasteiger partial charge is 0.338 e. The molecule has 0 aliphatic carbocycles. The lowest BCUT2D eigenvalue weighted by atomic mass is 10.1. The van der Waals surface area contributed by atoms with E-state index in [2.05, 4.69) is 38.1 Å². The van der Waals surface area contributed by atoms with Gasteiger partial charge in [-0.1, -0.05) is 36.0 Å². The summed E-state index contributed by atoms with van der Waals surface area (Å²) >= 11 is 1.43. The Hall–Kier alpha value is -2.94. The Bertz CT molecular complexity index is 984. The zero-order valence-corrected chi connectivity index (χ0v) is 17.3. The van der Waals surface area contributed by atoms with Crippen LogP contribution in [0.15, 0.2) is 47.9 Å². The zero-order valence-electron chi connectivity index (χ0n) is 16.5. The first kappa shape index (κ1) is 19.4. The number of carbonyl (C=O) groups is 1. The van der Waals surface area contributed by atoms with Crippen LogP contribution in [-0.4, -0.2) is 67.5 Å². The second-order valence-electron chi connectivity index (χ2n) is 6.89. The normalized spacial score (nSPS) is 14.3. The van der Waals surface area contributed by atoms with Crippen LogP contribution in [0.25, 0.3) is 11.4 Å². The van der Waals surface area contributed by atoms with Gasteiger partial charge in [0.15, 0.2) is 11.0 Å². The number of anilines is 1. The van der Waals surface area contributed by atoms with Crippen molar-refractivity contribution in [3.05, 3.63) is 48.3 Å². The Balaban J connectivity index is 1.33. The third-order valence-electron chi connectivity index (χ3n) is 5.01. The minimum atomic E-state index is 0.115. The third-order valence-corrected chi connectivity index (χ3v) is 6.02. The molecule has 1 saturated heterocycles. The van der Waals surface area contributed by atoms with Gasteiger partial charge < -0.3 is 14.4 Å². The van der Waals surface area contributed by atoms with Gasteiger partial charge in [0.2, 0.25) is 11.9 Å². The molecule has 0 atom stereocenters. The predicted molar refractivity (Wildman–Crippen MR) is 113 cm³/mol. The monoisotopic (exact) mass is 409 g/mol. The summed E-state index contributed by atoms with van der Waals surface area (Å²) in [5.74, 6) is 2.00. The number of rotatable bonds is 5. The number of hydrogen-bond donors (Lipinski definition) is 0. The minimum Gasteiger partial charge on any atom is -0.338 e. The minimum absolute atomic E-state index is 0.115.